The van der Waals surface area contributed by atoms with Gasteiger partial charge in [0.25, 0.3) is 5.91 Å². The van der Waals surface area contributed by atoms with E-state index in [0.717, 1.165) is 12.8 Å². The van der Waals surface area contributed by atoms with Gasteiger partial charge in [0, 0.05) is 24.0 Å². The molecule has 0 saturated carbocycles. The smallest absolute Gasteiger partial charge is 0.261 e. The first kappa shape index (κ1) is 15.5. The van der Waals surface area contributed by atoms with Crippen LogP contribution in [0.2, 0.25) is 0 Å². The zero-order valence-electron chi connectivity index (χ0n) is 12.0. The van der Waals surface area contributed by atoms with Crippen LogP contribution >= 0.6 is 11.3 Å². The number of hydrogen-bond acceptors (Lipinski definition) is 4. The van der Waals surface area contributed by atoms with Gasteiger partial charge in [-0.2, -0.15) is 4.31 Å². The van der Waals surface area contributed by atoms with E-state index in [0.29, 0.717) is 18.0 Å². The van der Waals surface area contributed by atoms with Crippen LogP contribution in [0.15, 0.2) is 16.3 Å². The summed E-state index contributed by atoms with van der Waals surface area (Å²) in [6.45, 7) is 6.81. The van der Waals surface area contributed by atoms with Crippen LogP contribution in [0.25, 0.3) is 0 Å². The number of rotatable bonds is 3. The van der Waals surface area contributed by atoms with Gasteiger partial charge in [0.2, 0.25) is 10.0 Å². The van der Waals surface area contributed by atoms with Crippen molar-refractivity contribution >= 4 is 27.3 Å². The van der Waals surface area contributed by atoms with Crippen molar-refractivity contribution in [2.75, 3.05) is 13.1 Å². The van der Waals surface area contributed by atoms with Crippen molar-refractivity contribution in [1.29, 1.82) is 0 Å². The molecule has 1 aliphatic heterocycles. The van der Waals surface area contributed by atoms with E-state index >= 15 is 0 Å². The van der Waals surface area contributed by atoms with E-state index in [9.17, 15) is 13.2 Å². The molecule has 1 fully saturated rings. The largest absolute Gasteiger partial charge is 0.347 e. The third-order valence-electron chi connectivity index (χ3n) is 2.99. The normalized spacial score (nSPS) is 17.4. The van der Waals surface area contributed by atoms with Crippen LogP contribution in [-0.2, 0) is 10.0 Å². The number of sulfonamides is 1. The lowest BCUT2D eigenvalue weighted by molar-refractivity contribution is 0.0923. The van der Waals surface area contributed by atoms with Gasteiger partial charge in [0.15, 0.2) is 0 Å². The number of nitrogens with one attached hydrogen (secondary N) is 1. The standard InChI is InChI=1S/C13H20N2O3S2/c1-13(2,3)14-12(16)11-8-10(9-19-11)20(17,18)15-6-4-5-7-15/h8-9H,4-7H2,1-3H3,(H,14,16). The molecule has 0 aliphatic carbocycles. The molecule has 1 aromatic heterocycles. The maximum Gasteiger partial charge on any atom is 0.261 e. The second-order valence-corrected chi connectivity index (χ2v) is 8.81. The fourth-order valence-electron chi connectivity index (χ4n) is 2.05. The van der Waals surface area contributed by atoms with Crippen molar-refractivity contribution in [3.05, 3.63) is 16.3 Å². The zero-order chi connectivity index (χ0) is 15.0. The Hall–Kier alpha value is -0.920. The highest BCUT2D eigenvalue weighted by atomic mass is 32.2. The summed E-state index contributed by atoms with van der Waals surface area (Å²) in [5.74, 6) is -0.231. The highest BCUT2D eigenvalue weighted by Crippen LogP contribution is 2.25. The lowest BCUT2D eigenvalue weighted by Crippen LogP contribution is -2.40. The van der Waals surface area contributed by atoms with Crippen LogP contribution in [-0.4, -0.2) is 37.3 Å². The molecule has 1 aliphatic rings. The first-order valence-corrected chi connectivity index (χ1v) is 8.93. The summed E-state index contributed by atoms with van der Waals surface area (Å²) in [5, 5.41) is 4.38. The van der Waals surface area contributed by atoms with Gasteiger partial charge in [-0.05, 0) is 39.7 Å². The summed E-state index contributed by atoms with van der Waals surface area (Å²) in [6, 6.07) is 1.47. The number of carbonyl (C=O) groups excluding carboxylic acids is 1. The topological polar surface area (TPSA) is 66.5 Å². The molecule has 7 heteroatoms. The van der Waals surface area contributed by atoms with Gasteiger partial charge in [-0.3, -0.25) is 4.79 Å². The first-order chi connectivity index (χ1) is 9.20. The quantitative estimate of drug-likeness (QED) is 0.928. The minimum Gasteiger partial charge on any atom is -0.347 e. The molecular formula is C13H20N2O3S2. The van der Waals surface area contributed by atoms with Crippen LogP contribution < -0.4 is 5.32 Å². The SMILES string of the molecule is CC(C)(C)NC(=O)c1cc(S(=O)(=O)N2CCCC2)cs1. The number of hydrogen-bond donors (Lipinski definition) is 1. The molecule has 20 heavy (non-hydrogen) atoms. The van der Waals surface area contributed by atoms with Gasteiger partial charge in [0.05, 0.1) is 9.77 Å². The Kier molecular flexibility index (Phi) is 4.22. The molecule has 2 rings (SSSR count). The van der Waals surface area contributed by atoms with Gasteiger partial charge in [0.1, 0.15) is 0 Å². The lowest BCUT2D eigenvalue weighted by atomic mass is 10.1. The Labute approximate surface area is 124 Å². The average molecular weight is 316 g/mol. The van der Waals surface area contributed by atoms with Crippen LogP contribution in [0, 0.1) is 0 Å². The van der Waals surface area contributed by atoms with Crippen molar-refractivity contribution in [2.24, 2.45) is 0 Å². The summed E-state index contributed by atoms with van der Waals surface area (Å²) >= 11 is 1.17. The Bertz CT molecular complexity index is 593. The summed E-state index contributed by atoms with van der Waals surface area (Å²) in [5.41, 5.74) is -0.338. The van der Waals surface area contributed by atoms with Gasteiger partial charge in [-0.15, -0.1) is 11.3 Å². The minimum absolute atomic E-state index is 0.225. The predicted molar refractivity (Wildman–Crippen MR) is 79.5 cm³/mol. The van der Waals surface area contributed by atoms with Crippen LogP contribution in [0.1, 0.15) is 43.3 Å². The highest BCUT2D eigenvalue weighted by molar-refractivity contribution is 7.89. The number of thiophene rings is 1. The van der Waals surface area contributed by atoms with E-state index in [4.69, 9.17) is 0 Å². The molecule has 0 bridgehead atoms. The molecule has 1 amide bonds. The van der Waals surface area contributed by atoms with Crippen molar-refractivity contribution in [1.82, 2.24) is 9.62 Å². The molecule has 1 aromatic rings. The third kappa shape index (κ3) is 3.39. The van der Waals surface area contributed by atoms with E-state index in [1.807, 2.05) is 20.8 Å². The maximum absolute atomic E-state index is 12.4. The molecule has 1 N–H and O–H groups in total. The van der Waals surface area contributed by atoms with E-state index in [2.05, 4.69) is 5.32 Å². The first-order valence-electron chi connectivity index (χ1n) is 6.61. The highest BCUT2D eigenvalue weighted by Gasteiger charge is 2.29. The second-order valence-electron chi connectivity index (χ2n) is 5.96. The Morgan fingerprint density at radius 3 is 2.45 bits per heavy atom. The molecule has 0 radical (unpaired) electrons. The molecule has 5 nitrogen and oxygen atoms in total. The Morgan fingerprint density at radius 2 is 1.90 bits per heavy atom. The van der Waals surface area contributed by atoms with E-state index in [-0.39, 0.29) is 16.3 Å². The third-order valence-corrected chi connectivity index (χ3v) is 5.95. The zero-order valence-corrected chi connectivity index (χ0v) is 13.6. The number of nitrogens with zero attached hydrogens (tertiary/aromatic N) is 1. The average Bonchev–Trinajstić information content (AvgIpc) is 2.99. The Morgan fingerprint density at radius 1 is 1.30 bits per heavy atom. The van der Waals surface area contributed by atoms with Gasteiger partial charge in [-0.25, -0.2) is 8.42 Å². The monoisotopic (exact) mass is 316 g/mol. The van der Waals surface area contributed by atoms with Crippen molar-refractivity contribution in [3.8, 4) is 0 Å². The summed E-state index contributed by atoms with van der Waals surface area (Å²) < 4.78 is 26.2. The molecule has 2 heterocycles. The molecule has 0 atom stereocenters. The fraction of sp³-hybridized carbons (Fsp3) is 0.615. The van der Waals surface area contributed by atoms with Gasteiger partial charge in [-0.1, -0.05) is 0 Å². The predicted octanol–water partition coefficient (Wildman–Crippen LogP) is 2.06. The van der Waals surface area contributed by atoms with Gasteiger partial charge >= 0.3 is 0 Å². The summed E-state index contributed by atoms with van der Waals surface area (Å²) in [6.07, 6.45) is 1.81. The Balaban J connectivity index is 2.18. The van der Waals surface area contributed by atoms with Gasteiger partial charge < -0.3 is 5.32 Å². The molecule has 1 saturated heterocycles. The van der Waals surface area contributed by atoms with E-state index in [1.165, 1.54) is 21.7 Å². The second kappa shape index (κ2) is 5.46. The minimum atomic E-state index is -3.43. The maximum atomic E-state index is 12.4. The van der Waals surface area contributed by atoms with Crippen LogP contribution in [0.4, 0.5) is 0 Å². The van der Waals surface area contributed by atoms with E-state index < -0.39 is 10.0 Å². The molecule has 0 unspecified atom stereocenters. The fourth-order valence-corrected chi connectivity index (χ4v) is 4.73. The number of amides is 1. The van der Waals surface area contributed by atoms with Crippen molar-refractivity contribution < 1.29 is 13.2 Å². The van der Waals surface area contributed by atoms with E-state index in [1.54, 1.807) is 5.38 Å². The molecular weight excluding hydrogens is 296 g/mol. The van der Waals surface area contributed by atoms with Crippen molar-refractivity contribution in [2.45, 2.75) is 44.0 Å². The van der Waals surface area contributed by atoms with Crippen LogP contribution in [0.3, 0.4) is 0 Å². The lowest BCUT2D eigenvalue weighted by Gasteiger charge is -2.19. The number of carbonyl (C=O) groups is 1. The summed E-state index contributed by atoms with van der Waals surface area (Å²) in [7, 11) is -3.43. The molecule has 0 spiro atoms. The van der Waals surface area contributed by atoms with Crippen molar-refractivity contribution in [3.63, 3.8) is 0 Å². The molecule has 112 valence electrons. The van der Waals surface area contributed by atoms with Crippen LogP contribution in [0.5, 0.6) is 0 Å². The summed E-state index contributed by atoms with van der Waals surface area (Å²) in [4.78, 5) is 12.7. The molecule has 0 aromatic carbocycles.